The molecule has 0 aliphatic carbocycles. The zero-order valence-corrected chi connectivity index (χ0v) is 10.9. The lowest BCUT2D eigenvalue weighted by Crippen LogP contribution is -2.39. The fraction of sp³-hybridized carbons (Fsp3) is 0.545. The largest absolute Gasteiger partial charge is 0.388 e. The summed E-state index contributed by atoms with van der Waals surface area (Å²) < 4.78 is 5.30. The van der Waals surface area contributed by atoms with Crippen molar-refractivity contribution in [1.82, 2.24) is 14.9 Å². The van der Waals surface area contributed by atoms with Crippen molar-refractivity contribution < 1.29 is 4.74 Å². The van der Waals surface area contributed by atoms with Crippen molar-refractivity contribution >= 4 is 23.0 Å². The first-order chi connectivity index (χ1) is 8.77. The van der Waals surface area contributed by atoms with Crippen LogP contribution in [0.5, 0.6) is 0 Å². The number of thiocarbonyl (C=S) groups is 1. The summed E-state index contributed by atoms with van der Waals surface area (Å²) in [4.78, 5) is 10.9. The summed E-state index contributed by atoms with van der Waals surface area (Å²) in [7, 11) is 0. The molecule has 0 atom stereocenters. The lowest BCUT2D eigenvalue weighted by atomic mass is 10.3. The Bertz CT molecular complexity index is 408. The van der Waals surface area contributed by atoms with E-state index in [-0.39, 0.29) is 4.99 Å². The minimum absolute atomic E-state index is 0.261. The van der Waals surface area contributed by atoms with Crippen LogP contribution in [0.4, 0.5) is 5.82 Å². The quantitative estimate of drug-likeness (QED) is 0.719. The highest BCUT2D eigenvalue weighted by molar-refractivity contribution is 7.80. The topological polar surface area (TPSA) is 76.3 Å². The second kappa shape index (κ2) is 6.58. The highest BCUT2D eigenvalue weighted by Gasteiger charge is 2.11. The second-order valence-electron chi connectivity index (χ2n) is 4.00. The average Bonchev–Trinajstić information content (AvgIpc) is 2.40. The fourth-order valence-electron chi connectivity index (χ4n) is 1.80. The number of nitrogens with two attached hydrogens (primary N) is 1. The van der Waals surface area contributed by atoms with Crippen LogP contribution in [0.1, 0.15) is 5.69 Å². The second-order valence-corrected chi connectivity index (χ2v) is 4.44. The van der Waals surface area contributed by atoms with Crippen molar-refractivity contribution in [1.29, 1.82) is 0 Å². The van der Waals surface area contributed by atoms with Crippen molar-refractivity contribution in [3.05, 3.63) is 18.1 Å². The normalized spacial score (nSPS) is 16.4. The molecule has 0 unspecified atom stereocenters. The van der Waals surface area contributed by atoms with E-state index in [0.29, 0.717) is 11.5 Å². The predicted molar refractivity (Wildman–Crippen MR) is 73.7 cm³/mol. The molecule has 1 aliphatic heterocycles. The first-order valence-electron chi connectivity index (χ1n) is 5.92. The van der Waals surface area contributed by atoms with Crippen LogP contribution in [0, 0.1) is 0 Å². The van der Waals surface area contributed by atoms with Gasteiger partial charge in [0.1, 0.15) is 10.7 Å². The standard InChI is InChI=1S/C11H17N5OS/c12-10(18)9-11(14-2-1-13-9)15-3-4-16-5-7-17-8-6-16/h1-2H,3-8H2,(H2,12,18)(H,14,15). The van der Waals surface area contributed by atoms with Gasteiger partial charge in [-0.25, -0.2) is 9.97 Å². The molecule has 2 heterocycles. The van der Waals surface area contributed by atoms with Gasteiger partial charge in [0.25, 0.3) is 0 Å². The van der Waals surface area contributed by atoms with Crippen LogP contribution < -0.4 is 11.1 Å². The molecule has 2 rings (SSSR count). The number of hydrogen-bond donors (Lipinski definition) is 2. The number of ether oxygens (including phenoxy) is 1. The Morgan fingerprint density at radius 1 is 1.39 bits per heavy atom. The summed E-state index contributed by atoms with van der Waals surface area (Å²) in [5.74, 6) is 0.651. The highest BCUT2D eigenvalue weighted by Crippen LogP contribution is 2.07. The first-order valence-corrected chi connectivity index (χ1v) is 6.33. The Morgan fingerprint density at radius 2 is 2.11 bits per heavy atom. The molecule has 1 saturated heterocycles. The van der Waals surface area contributed by atoms with E-state index in [4.69, 9.17) is 22.7 Å². The van der Waals surface area contributed by atoms with Gasteiger partial charge in [0.15, 0.2) is 5.82 Å². The van der Waals surface area contributed by atoms with E-state index in [0.717, 1.165) is 39.4 Å². The number of nitrogens with zero attached hydrogens (tertiary/aromatic N) is 3. The number of aromatic nitrogens is 2. The van der Waals surface area contributed by atoms with Crippen molar-refractivity contribution in [3.63, 3.8) is 0 Å². The molecule has 7 heteroatoms. The van der Waals surface area contributed by atoms with Gasteiger partial charge in [-0.1, -0.05) is 12.2 Å². The van der Waals surface area contributed by atoms with Crippen LogP contribution in [0.3, 0.4) is 0 Å². The highest BCUT2D eigenvalue weighted by atomic mass is 32.1. The summed E-state index contributed by atoms with van der Waals surface area (Å²) in [6, 6.07) is 0. The molecule has 1 aromatic rings. The van der Waals surface area contributed by atoms with Crippen LogP contribution in [0.15, 0.2) is 12.4 Å². The van der Waals surface area contributed by atoms with Crippen molar-refractivity contribution in [2.75, 3.05) is 44.7 Å². The molecule has 98 valence electrons. The molecule has 1 fully saturated rings. The fourth-order valence-corrected chi connectivity index (χ4v) is 1.95. The Hall–Kier alpha value is -1.31. The minimum atomic E-state index is 0.261. The van der Waals surface area contributed by atoms with Crippen LogP contribution in [0.2, 0.25) is 0 Å². The van der Waals surface area contributed by atoms with Gasteiger partial charge < -0.3 is 15.8 Å². The van der Waals surface area contributed by atoms with Crippen molar-refractivity contribution in [3.8, 4) is 0 Å². The summed E-state index contributed by atoms with van der Waals surface area (Å²) in [5.41, 5.74) is 6.14. The van der Waals surface area contributed by atoms with Gasteiger partial charge in [-0.3, -0.25) is 4.90 Å². The van der Waals surface area contributed by atoms with Gasteiger partial charge >= 0.3 is 0 Å². The van der Waals surface area contributed by atoms with Crippen molar-refractivity contribution in [2.45, 2.75) is 0 Å². The Morgan fingerprint density at radius 3 is 2.83 bits per heavy atom. The lowest BCUT2D eigenvalue weighted by molar-refractivity contribution is 0.0398. The molecule has 6 nitrogen and oxygen atoms in total. The Labute approximate surface area is 112 Å². The molecular weight excluding hydrogens is 250 g/mol. The van der Waals surface area contributed by atoms with Gasteiger partial charge in [0.05, 0.1) is 13.2 Å². The SMILES string of the molecule is NC(=S)c1nccnc1NCCN1CCOCC1. The van der Waals surface area contributed by atoms with E-state index in [1.807, 2.05) is 0 Å². The summed E-state index contributed by atoms with van der Waals surface area (Å²) >= 11 is 4.93. The zero-order chi connectivity index (χ0) is 12.8. The number of hydrogen-bond acceptors (Lipinski definition) is 6. The van der Waals surface area contributed by atoms with E-state index < -0.39 is 0 Å². The molecule has 18 heavy (non-hydrogen) atoms. The first kappa shape index (κ1) is 13.1. The molecule has 1 aliphatic rings. The third-order valence-electron chi connectivity index (χ3n) is 2.76. The van der Waals surface area contributed by atoms with Gasteiger partial charge in [-0.15, -0.1) is 0 Å². The lowest BCUT2D eigenvalue weighted by Gasteiger charge is -2.26. The smallest absolute Gasteiger partial charge is 0.155 e. The Kier molecular flexibility index (Phi) is 4.80. The summed E-state index contributed by atoms with van der Waals surface area (Å²) in [6.45, 7) is 5.30. The van der Waals surface area contributed by atoms with Crippen LogP contribution in [-0.2, 0) is 4.74 Å². The van der Waals surface area contributed by atoms with Gasteiger partial charge in [0, 0.05) is 38.6 Å². The van der Waals surface area contributed by atoms with E-state index in [2.05, 4.69) is 20.2 Å². The minimum Gasteiger partial charge on any atom is -0.388 e. The molecular formula is C11H17N5OS. The maximum Gasteiger partial charge on any atom is 0.155 e. The third kappa shape index (κ3) is 3.59. The van der Waals surface area contributed by atoms with Gasteiger partial charge in [-0.05, 0) is 0 Å². The Balaban J connectivity index is 1.84. The molecule has 0 aromatic carbocycles. The maximum absolute atomic E-state index is 5.59. The number of anilines is 1. The summed E-state index contributed by atoms with van der Waals surface area (Å²) in [5, 5.41) is 3.22. The van der Waals surface area contributed by atoms with E-state index in [9.17, 15) is 0 Å². The van der Waals surface area contributed by atoms with E-state index in [1.165, 1.54) is 0 Å². The van der Waals surface area contributed by atoms with E-state index >= 15 is 0 Å². The number of nitrogens with one attached hydrogen (secondary N) is 1. The molecule has 1 aromatic heterocycles. The van der Waals surface area contributed by atoms with Crippen LogP contribution >= 0.6 is 12.2 Å². The molecule has 3 N–H and O–H groups in total. The molecule has 0 bridgehead atoms. The molecule has 0 amide bonds. The van der Waals surface area contributed by atoms with Gasteiger partial charge in [0.2, 0.25) is 0 Å². The maximum atomic E-state index is 5.59. The zero-order valence-electron chi connectivity index (χ0n) is 10.1. The molecule has 0 radical (unpaired) electrons. The van der Waals surface area contributed by atoms with E-state index in [1.54, 1.807) is 12.4 Å². The number of rotatable bonds is 5. The monoisotopic (exact) mass is 267 g/mol. The van der Waals surface area contributed by atoms with Crippen LogP contribution in [0.25, 0.3) is 0 Å². The van der Waals surface area contributed by atoms with Crippen molar-refractivity contribution in [2.24, 2.45) is 5.73 Å². The molecule has 0 saturated carbocycles. The third-order valence-corrected chi connectivity index (χ3v) is 2.95. The number of morpholine rings is 1. The average molecular weight is 267 g/mol. The van der Waals surface area contributed by atoms with Gasteiger partial charge in [-0.2, -0.15) is 0 Å². The molecule has 0 spiro atoms. The summed E-state index contributed by atoms with van der Waals surface area (Å²) in [6.07, 6.45) is 3.21. The predicted octanol–water partition coefficient (Wildman–Crippen LogP) is -0.145. The van der Waals surface area contributed by atoms with Crippen LogP contribution in [-0.4, -0.2) is 59.2 Å².